The first-order chi connectivity index (χ1) is 6.22. The van der Waals surface area contributed by atoms with E-state index < -0.39 is 0 Å². The van der Waals surface area contributed by atoms with Crippen LogP contribution in [0.3, 0.4) is 0 Å². The largest absolute Gasteiger partial charge is 0.388 e. The number of rotatable bonds is 1. The number of hydrogen-bond acceptors (Lipinski definition) is 3. The normalized spacial score (nSPS) is 10.4. The fourth-order valence-electron chi connectivity index (χ4n) is 0.712. The monoisotopic (exact) mass is 203 g/mol. The maximum atomic E-state index is 9.06. The average molecular weight is 203 g/mol. The second-order valence-corrected chi connectivity index (χ2v) is 2.86. The zero-order chi connectivity index (χ0) is 10.9. The molecule has 0 spiro atoms. The standard InChI is InChI=1S/C6H9NOS.2C2H6/c1-4-6(5(2)8)9-3-7-4;2*1-2/h3,5,8H,1-2H3;2*1-2H3. The molecule has 0 saturated heterocycles. The van der Waals surface area contributed by atoms with E-state index in [-0.39, 0.29) is 6.10 Å². The van der Waals surface area contributed by atoms with E-state index in [1.54, 1.807) is 12.4 Å². The lowest BCUT2D eigenvalue weighted by molar-refractivity contribution is 0.202. The number of thiazole rings is 1. The van der Waals surface area contributed by atoms with E-state index in [4.69, 9.17) is 5.11 Å². The topological polar surface area (TPSA) is 33.1 Å². The highest BCUT2D eigenvalue weighted by Gasteiger charge is 2.05. The maximum Gasteiger partial charge on any atom is 0.0872 e. The van der Waals surface area contributed by atoms with Crippen molar-refractivity contribution in [2.45, 2.75) is 47.6 Å². The summed E-state index contributed by atoms with van der Waals surface area (Å²) in [6, 6.07) is 0. The predicted molar refractivity (Wildman–Crippen MR) is 60.2 cm³/mol. The van der Waals surface area contributed by atoms with Crippen LogP contribution in [0.15, 0.2) is 5.51 Å². The van der Waals surface area contributed by atoms with Gasteiger partial charge in [-0.1, -0.05) is 27.7 Å². The van der Waals surface area contributed by atoms with Crippen molar-refractivity contribution in [1.82, 2.24) is 4.98 Å². The van der Waals surface area contributed by atoms with Crippen LogP contribution in [0.2, 0.25) is 0 Å². The smallest absolute Gasteiger partial charge is 0.0872 e. The van der Waals surface area contributed by atoms with Crippen molar-refractivity contribution >= 4 is 11.3 Å². The lowest BCUT2D eigenvalue weighted by Crippen LogP contribution is -1.88. The summed E-state index contributed by atoms with van der Waals surface area (Å²) >= 11 is 1.50. The van der Waals surface area contributed by atoms with Crippen LogP contribution in [0.25, 0.3) is 0 Å². The molecule has 0 aromatic carbocycles. The minimum Gasteiger partial charge on any atom is -0.388 e. The van der Waals surface area contributed by atoms with Gasteiger partial charge in [-0.3, -0.25) is 0 Å². The van der Waals surface area contributed by atoms with Gasteiger partial charge in [-0.2, -0.15) is 0 Å². The number of hydrogen-bond donors (Lipinski definition) is 1. The molecule has 3 heteroatoms. The molecular weight excluding hydrogens is 182 g/mol. The zero-order valence-electron chi connectivity index (χ0n) is 9.46. The quantitative estimate of drug-likeness (QED) is 0.757. The molecule has 1 atom stereocenters. The molecule has 0 saturated carbocycles. The third-order valence-corrected chi connectivity index (χ3v) is 2.26. The van der Waals surface area contributed by atoms with Crippen LogP contribution < -0.4 is 0 Å². The highest BCUT2D eigenvalue weighted by atomic mass is 32.1. The van der Waals surface area contributed by atoms with Crippen LogP contribution >= 0.6 is 11.3 Å². The molecule has 1 unspecified atom stereocenters. The average Bonchev–Trinajstić information content (AvgIpc) is 2.58. The van der Waals surface area contributed by atoms with Gasteiger partial charge in [-0.15, -0.1) is 11.3 Å². The van der Waals surface area contributed by atoms with E-state index >= 15 is 0 Å². The molecule has 78 valence electrons. The summed E-state index contributed by atoms with van der Waals surface area (Å²) in [7, 11) is 0. The number of aliphatic hydroxyl groups excluding tert-OH is 1. The molecule has 0 fully saturated rings. The van der Waals surface area contributed by atoms with Crippen molar-refractivity contribution in [3.8, 4) is 0 Å². The van der Waals surface area contributed by atoms with Crippen molar-refractivity contribution in [2.24, 2.45) is 0 Å². The Morgan fingerprint density at radius 2 is 1.77 bits per heavy atom. The SMILES string of the molecule is CC.CC.Cc1ncsc1C(C)O. The Morgan fingerprint density at radius 1 is 1.31 bits per heavy atom. The van der Waals surface area contributed by atoms with Gasteiger partial charge in [-0.05, 0) is 13.8 Å². The van der Waals surface area contributed by atoms with E-state index in [9.17, 15) is 0 Å². The molecule has 1 aromatic heterocycles. The number of nitrogens with zero attached hydrogens (tertiary/aromatic N) is 1. The minimum absolute atomic E-state index is 0.363. The first kappa shape index (κ1) is 15.1. The molecule has 1 aromatic rings. The van der Waals surface area contributed by atoms with E-state index in [2.05, 4.69) is 4.98 Å². The van der Waals surface area contributed by atoms with E-state index in [0.29, 0.717) is 0 Å². The predicted octanol–water partition coefficient (Wildman–Crippen LogP) is 3.56. The van der Waals surface area contributed by atoms with E-state index in [1.807, 2.05) is 34.6 Å². The van der Waals surface area contributed by atoms with Crippen molar-refractivity contribution < 1.29 is 5.11 Å². The Bertz CT molecular complexity index is 197. The summed E-state index contributed by atoms with van der Waals surface area (Å²) in [5.41, 5.74) is 2.69. The van der Waals surface area contributed by atoms with Gasteiger partial charge >= 0.3 is 0 Å². The summed E-state index contributed by atoms with van der Waals surface area (Å²) in [6.45, 7) is 11.7. The number of aryl methyl sites for hydroxylation is 1. The Kier molecular flexibility index (Phi) is 11.2. The zero-order valence-corrected chi connectivity index (χ0v) is 10.3. The summed E-state index contributed by atoms with van der Waals surface area (Å²) in [4.78, 5) is 4.96. The molecule has 0 aliphatic heterocycles. The van der Waals surface area contributed by atoms with Gasteiger partial charge < -0.3 is 5.11 Å². The molecule has 0 radical (unpaired) electrons. The number of aromatic nitrogens is 1. The highest BCUT2D eigenvalue weighted by molar-refractivity contribution is 7.09. The fraction of sp³-hybridized carbons (Fsp3) is 0.700. The van der Waals surface area contributed by atoms with Crippen molar-refractivity contribution in [2.75, 3.05) is 0 Å². The van der Waals surface area contributed by atoms with Crippen LogP contribution in [0.1, 0.15) is 51.3 Å². The van der Waals surface area contributed by atoms with Crippen molar-refractivity contribution in [3.05, 3.63) is 16.1 Å². The molecule has 0 bridgehead atoms. The molecule has 0 aliphatic carbocycles. The summed E-state index contributed by atoms with van der Waals surface area (Å²) in [5.74, 6) is 0. The second-order valence-electron chi connectivity index (χ2n) is 1.98. The van der Waals surface area contributed by atoms with E-state index in [1.165, 1.54) is 11.3 Å². The van der Waals surface area contributed by atoms with Gasteiger partial charge in [0, 0.05) is 0 Å². The van der Waals surface area contributed by atoms with Gasteiger partial charge in [0.2, 0.25) is 0 Å². The Hall–Kier alpha value is -0.410. The fourth-order valence-corrected chi connectivity index (χ4v) is 1.46. The van der Waals surface area contributed by atoms with Crippen LogP contribution in [0, 0.1) is 6.92 Å². The van der Waals surface area contributed by atoms with Crippen LogP contribution in [0.4, 0.5) is 0 Å². The highest BCUT2D eigenvalue weighted by Crippen LogP contribution is 2.19. The molecule has 1 heterocycles. The minimum atomic E-state index is -0.363. The van der Waals surface area contributed by atoms with Gasteiger partial charge in [0.05, 0.1) is 22.2 Å². The number of aliphatic hydroxyl groups is 1. The van der Waals surface area contributed by atoms with Crippen molar-refractivity contribution in [3.63, 3.8) is 0 Å². The Morgan fingerprint density at radius 3 is 1.92 bits per heavy atom. The molecule has 2 nitrogen and oxygen atoms in total. The van der Waals surface area contributed by atoms with Crippen LogP contribution in [-0.2, 0) is 0 Å². The first-order valence-corrected chi connectivity index (χ1v) is 5.68. The third kappa shape index (κ3) is 5.77. The third-order valence-electron chi connectivity index (χ3n) is 1.16. The Balaban J connectivity index is 0. The summed E-state index contributed by atoms with van der Waals surface area (Å²) in [6.07, 6.45) is -0.363. The molecule has 0 aliphatic rings. The van der Waals surface area contributed by atoms with Gasteiger partial charge in [0.25, 0.3) is 0 Å². The van der Waals surface area contributed by atoms with Gasteiger partial charge in [-0.25, -0.2) is 4.98 Å². The lowest BCUT2D eigenvalue weighted by atomic mass is 10.3. The first-order valence-electron chi connectivity index (χ1n) is 4.80. The molecular formula is C10H21NOS. The second kappa shape index (κ2) is 9.68. The van der Waals surface area contributed by atoms with Crippen molar-refractivity contribution in [1.29, 1.82) is 0 Å². The summed E-state index contributed by atoms with van der Waals surface area (Å²) in [5, 5.41) is 9.06. The molecule has 0 amide bonds. The van der Waals surface area contributed by atoms with Crippen LogP contribution in [-0.4, -0.2) is 10.1 Å². The molecule has 13 heavy (non-hydrogen) atoms. The van der Waals surface area contributed by atoms with Gasteiger partial charge in [0.15, 0.2) is 0 Å². The maximum absolute atomic E-state index is 9.06. The van der Waals surface area contributed by atoms with E-state index in [0.717, 1.165) is 10.6 Å². The molecule has 1 N–H and O–H groups in total. The van der Waals surface area contributed by atoms with Crippen LogP contribution in [0.5, 0.6) is 0 Å². The van der Waals surface area contributed by atoms with Gasteiger partial charge in [0.1, 0.15) is 0 Å². The lowest BCUT2D eigenvalue weighted by Gasteiger charge is -1.98. The summed E-state index contributed by atoms with van der Waals surface area (Å²) < 4.78 is 0. The Labute approximate surface area is 85.7 Å². The molecule has 1 rings (SSSR count).